The van der Waals surface area contributed by atoms with Gasteiger partial charge in [0, 0.05) is 0 Å². The first-order valence-electron chi connectivity index (χ1n) is 3.20. The fraction of sp³-hybridized carbons (Fsp3) is 0.250. The van der Waals surface area contributed by atoms with E-state index in [1.54, 1.807) is 0 Å². The number of carboxylic acids is 1. The van der Waals surface area contributed by atoms with Crippen LogP contribution >= 0.6 is 0 Å². The van der Waals surface area contributed by atoms with Crippen LogP contribution in [0.25, 0.3) is 0 Å². The van der Waals surface area contributed by atoms with Crippen LogP contribution < -0.4 is 0 Å². The minimum atomic E-state index is -1.01. The lowest BCUT2D eigenvalue weighted by Gasteiger charge is -2.17. The number of aliphatic carboxylic acids is 1. The predicted molar refractivity (Wildman–Crippen MR) is 39.0 cm³/mol. The Bertz CT molecular complexity index is 245. The molecule has 0 saturated carbocycles. The molecule has 0 unspecified atom stereocenters. The summed E-state index contributed by atoms with van der Waals surface area (Å²) in [7, 11) is 0. The van der Waals surface area contributed by atoms with E-state index in [1.807, 2.05) is 0 Å². The molecule has 0 saturated heterocycles. The van der Waals surface area contributed by atoms with Crippen LogP contribution in [0.5, 0.6) is 0 Å². The average molecular weight is 152 g/mol. The van der Waals surface area contributed by atoms with Crippen molar-refractivity contribution in [1.29, 1.82) is 0 Å². The Morgan fingerprint density at radius 3 is 2.27 bits per heavy atom. The minimum Gasteiger partial charge on any atom is -0.480 e. The van der Waals surface area contributed by atoms with Gasteiger partial charge in [-0.2, -0.15) is 0 Å². The Morgan fingerprint density at radius 1 is 1.45 bits per heavy atom. The molecule has 0 heterocycles. The monoisotopic (exact) mass is 152 g/mol. The summed E-state index contributed by atoms with van der Waals surface area (Å²) in [6.45, 7) is 1.54. The van der Waals surface area contributed by atoms with Crippen LogP contribution in [0.4, 0.5) is 0 Å². The molecule has 11 heavy (non-hydrogen) atoms. The van der Waals surface area contributed by atoms with E-state index in [0.29, 0.717) is 0 Å². The topological polar surface area (TPSA) is 54.4 Å². The first kappa shape index (κ1) is 7.72. The van der Waals surface area contributed by atoms with Crippen LogP contribution in [0, 0.1) is 5.41 Å². The zero-order chi connectivity index (χ0) is 8.48. The van der Waals surface area contributed by atoms with Gasteiger partial charge in [0.1, 0.15) is 5.41 Å². The Kier molecular flexibility index (Phi) is 1.64. The molecular weight excluding hydrogens is 144 g/mol. The maximum atomic E-state index is 10.6. The van der Waals surface area contributed by atoms with Gasteiger partial charge in [0.2, 0.25) is 0 Å². The fourth-order valence-corrected chi connectivity index (χ4v) is 0.764. The Labute approximate surface area is 64.0 Å². The number of rotatable bonds is 1. The van der Waals surface area contributed by atoms with Crippen LogP contribution in [0.2, 0.25) is 0 Å². The summed E-state index contributed by atoms with van der Waals surface area (Å²) >= 11 is 0. The van der Waals surface area contributed by atoms with Crippen molar-refractivity contribution < 1.29 is 14.7 Å². The van der Waals surface area contributed by atoms with Crippen molar-refractivity contribution >= 4 is 11.8 Å². The Hall–Kier alpha value is -1.38. The van der Waals surface area contributed by atoms with Crippen molar-refractivity contribution in [2.45, 2.75) is 6.92 Å². The molecule has 1 rings (SSSR count). The highest BCUT2D eigenvalue weighted by molar-refractivity contribution is 6.02. The van der Waals surface area contributed by atoms with Gasteiger partial charge < -0.3 is 5.11 Å². The van der Waals surface area contributed by atoms with Crippen molar-refractivity contribution in [3.05, 3.63) is 24.3 Å². The highest BCUT2D eigenvalue weighted by atomic mass is 16.4. The highest BCUT2D eigenvalue weighted by Gasteiger charge is 2.28. The van der Waals surface area contributed by atoms with Gasteiger partial charge in [-0.05, 0) is 19.1 Å². The maximum Gasteiger partial charge on any atom is 0.317 e. The number of carbonyl (C=O) groups excluding carboxylic acids is 1. The number of hydrogen-bond donors (Lipinski definition) is 1. The van der Waals surface area contributed by atoms with E-state index in [-0.39, 0.29) is 5.78 Å². The molecule has 0 aromatic heterocycles. The normalized spacial score (nSPS) is 20.3. The average Bonchev–Trinajstić information content (AvgIpc) is 1.95. The minimum absolute atomic E-state index is 0.163. The van der Waals surface area contributed by atoms with Gasteiger partial charge in [-0.15, -0.1) is 0 Å². The summed E-state index contributed by atoms with van der Waals surface area (Å²) in [4.78, 5) is 21.2. The summed E-state index contributed by atoms with van der Waals surface area (Å²) in [6.07, 6.45) is 5.32. The van der Waals surface area contributed by atoms with Crippen molar-refractivity contribution in [3.8, 4) is 0 Å². The van der Waals surface area contributed by atoms with Crippen molar-refractivity contribution in [2.75, 3.05) is 0 Å². The molecule has 3 nitrogen and oxygen atoms in total. The van der Waals surface area contributed by atoms with Crippen LogP contribution in [-0.4, -0.2) is 16.9 Å². The maximum absolute atomic E-state index is 10.6. The molecule has 1 N–H and O–H groups in total. The third-order valence-corrected chi connectivity index (χ3v) is 1.65. The Morgan fingerprint density at radius 2 is 1.91 bits per heavy atom. The molecule has 0 aromatic rings. The van der Waals surface area contributed by atoms with E-state index in [9.17, 15) is 9.59 Å². The predicted octanol–water partition coefficient (Wildman–Crippen LogP) is 0.772. The van der Waals surface area contributed by atoms with E-state index in [0.717, 1.165) is 0 Å². The summed E-state index contributed by atoms with van der Waals surface area (Å²) < 4.78 is 0. The number of carbonyl (C=O) groups is 2. The van der Waals surface area contributed by atoms with Gasteiger partial charge in [0.15, 0.2) is 5.78 Å². The molecule has 0 spiro atoms. The summed E-state index contributed by atoms with van der Waals surface area (Å²) in [6, 6.07) is 0. The zero-order valence-electron chi connectivity index (χ0n) is 6.07. The largest absolute Gasteiger partial charge is 0.480 e. The standard InChI is InChI=1S/C8H8O3/c1-8(7(10)11)4-2-6(9)3-5-8/h2-5H,1H3,(H,10,11). The molecule has 0 aromatic carbocycles. The van der Waals surface area contributed by atoms with Gasteiger partial charge in [0.05, 0.1) is 0 Å². The Balaban J connectivity index is 2.94. The van der Waals surface area contributed by atoms with Crippen molar-refractivity contribution in [1.82, 2.24) is 0 Å². The van der Waals surface area contributed by atoms with Crippen LogP contribution in [0.1, 0.15) is 6.92 Å². The van der Waals surface area contributed by atoms with Crippen LogP contribution in [0.3, 0.4) is 0 Å². The quantitative estimate of drug-likeness (QED) is 0.603. The van der Waals surface area contributed by atoms with Gasteiger partial charge in [-0.25, -0.2) is 0 Å². The smallest absolute Gasteiger partial charge is 0.317 e. The number of hydrogen-bond acceptors (Lipinski definition) is 2. The summed E-state index contributed by atoms with van der Waals surface area (Å²) in [5.74, 6) is -1.11. The second-order valence-corrected chi connectivity index (χ2v) is 2.66. The van der Waals surface area contributed by atoms with E-state index in [4.69, 9.17) is 5.11 Å². The van der Waals surface area contributed by atoms with Crippen molar-refractivity contribution in [3.63, 3.8) is 0 Å². The third kappa shape index (κ3) is 1.37. The molecule has 0 fully saturated rings. The summed E-state index contributed by atoms with van der Waals surface area (Å²) in [5, 5.41) is 8.67. The van der Waals surface area contributed by atoms with E-state index in [2.05, 4.69) is 0 Å². The van der Waals surface area contributed by atoms with Gasteiger partial charge in [-0.1, -0.05) is 12.2 Å². The number of carboxylic acid groups (broad SMARTS) is 1. The molecule has 1 aliphatic carbocycles. The van der Waals surface area contributed by atoms with E-state index >= 15 is 0 Å². The molecule has 3 heteroatoms. The van der Waals surface area contributed by atoms with Crippen LogP contribution in [-0.2, 0) is 9.59 Å². The van der Waals surface area contributed by atoms with E-state index < -0.39 is 11.4 Å². The van der Waals surface area contributed by atoms with Crippen molar-refractivity contribution in [2.24, 2.45) is 5.41 Å². The lowest BCUT2D eigenvalue weighted by atomic mass is 9.86. The summed E-state index contributed by atoms with van der Waals surface area (Å²) in [5.41, 5.74) is -1.01. The third-order valence-electron chi connectivity index (χ3n) is 1.65. The highest BCUT2D eigenvalue weighted by Crippen LogP contribution is 2.23. The van der Waals surface area contributed by atoms with E-state index in [1.165, 1.54) is 31.2 Å². The molecule has 0 atom stereocenters. The molecule has 1 aliphatic rings. The molecule has 0 radical (unpaired) electrons. The number of allylic oxidation sites excluding steroid dienone is 2. The lowest BCUT2D eigenvalue weighted by Crippen LogP contribution is -2.24. The SMILES string of the molecule is CC1(C(=O)O)C=CC(=O)C=C1. The van der Waals surface area contributed by atoms with Crippen LogP contribution in [0.15, 0.2) is 24.3 Å². The fourth-order valence-electron chi connectivity index (χ4n) is 0.764. The molecule has 0 aliphatic heterocycles. The second-order valence-electron chi connectivity index (χ2n) is 2.66. The molecule has 58 valence electrons. The number of ketones is 1. The van der Waals surface area contributed by atoms with Gasteiger partial charge in [-0.3, -0.25) is 9.59 Å². The van der Waals surface area contributed by atoms with Gasteiger partial charge in [0.25, 0.3) is 0 Å². The second kappa shape index (κ2) is 2.34. The first-order chi connectivity index (χ1) is 5.04. The molecule has 0 amide bonds. The molecular formula is C8H8O3. The zero-order valence-corrected chi connectivity index (χ0v) is 6.07. The first-order valence-corrected chi connectivity index (χ1v) is 3.20. The molecule has 0 bridgehead atoms. The van der Waals surface area contributed by atoms with Gasteiger partial charge >= 0.3 is 5.97 Å². The lowest BCUT2D eigenvalue weighted by molar-refractivity contribution is -0.142.